The molecular weight excluding hydrogens is 344 g/mol. The molecule has 5 N–H and O–H groups in total. The summed E-state index contributed by atoms with van der Waals surface area (Å²) in [6.07, 6.45) is -0.867. The van der Waals surface area contributed by atoms with E-state index in [1.807, 2.05) is 0 Å². The standard InChI is InChI=1S/C14H22N8O4/c1-9(19-25)22(11-17-20-21-18-11)10(23)14(5,7-6-8-15)16-12(24)26-13(2,3)4/h25H,8,15H2,1-5H3,(H,16,24)(H,17,18,20,21)/b19-9+. The zero-order valence-corrected chi connectivity index (χ0v) is 15.2. The van der Waals surface area contributed by atoms with Gasteiger partial charge in [-0.2, -0.15) is 0 Å². The van der Waals surface area contributed by atoms with Crippen LogP contribution in [0.3, 0.4) is 0 Å². The number of carbonyl (C=O) groups is 2. The molecule has 1 atom stereocenters. The highest BCUT2D eigenvalue weighted by molar-refractivity contribution is 6.19. The molecule has 0 aliphatic rings. The summed E-state index contributed by atoms with van der Waals surface area (Å²) in [4.78, 5) is 26.1. The van der Waals surface area contributed by atoms with Gasteiger partial charge in [0.1, 0.15) is 5.60 Å². The van der Waals surface area contributed by atoms with Crippen LogP contribution in [0.5, 0.6) is 0 Å². The van der Waals surface area contributed by atoms with Crippen molar-refractivity contribution in [3.8, 4) is 11.8 Å². The molecular formula is C14H22N8O4. The number of nitrogens with zero attached hydrogens (tertiary/aromatic N) is 5. The smallest absolute Gasteiger partial charge is 0.409 e. The minimum atomic E-state index is -1.76. The second-order valence-corrected chi connectivity index (χ2v) is 6.27. The third kappa shape index (κ3) is 5.42. The zero-order valence-electron chi connectivity index (χ0n) is 15.2. The van der Waals surface area contributed by atoms with Crippen molar-refractivity contribution < 1.29 is 19.5 Å². The van der Waals surface area contributed by atoms with E-state index < -0.39 is 23.1 Å². The fourth-order valence-corrected chi connectivity index (χ4v) is 1.79. The average molecular weight is 366 g/mol. The number of alkyl carbamates (subject to hydrolysis) is 1. The van der Waals surface area contributed by atoms with E-state index in [0.717, 1.165) is 4.90 Å². The van der Waals surface area contributed by atoms with Crippen molar-refractivity contribution in [2.24, 2.45) is 10.9 Å². The van der Waals surface area contributed by atoms with Crippen molar-refractivity contribution in [1.82, 2.24) is 25.9 Å². The lowest BCUT2D eigenvalue weighted by Gasteiger charge is -2.30. The van der Waals surface area contributed by atoms with Crippen LogP contribution < -0.4 is 16.0 Å². The molecule has 1 aromatic rings. The summed E-state index contributed by atoms with van der Waals surface area (Å²) < 4.78 is 5.17. The average Bonchev–Trinajstić information content (AvgIpc) is 3.04. The molecule has 0 saturated carbocycles. The van der Waals surface area contributed by atoms with E-state index in [2.05, 4.69) is 42.9 Å². The normalized spacial score (nSPS) is 13.8. The van der Waals surface area contributed by atoms with Gasteiger partial charge in [-0.1, -0.05) is 22.1 Å². The van der Waals surface area contributed by atoms with Gasteiger partial charge in [0, 0.05) is 0 Å². The number of nitrogens with one attached hydrogen (secondary N) is 2. The van der Waals surface area contributed by atoms with Crippen molar-refractivity contribution in [2.45, 2.75) is 45.8 Å². The summed E-state index contributed by atoms with van der Waals surface area (Å²) in [6.45, 7) is 7.66. The SMILES string of the molecule is C/C(=N\O)N(C(=O)C(C)(C#CCN)NC(=O)OC(C)(C)C)c1nnn[nH]1. The van der Waals surface area contributed by atoms with E-state index in [4.69, 9.17) is 15.7 Å². The lowest BCUT2D eigenvalue weighted by molar-refractivity contribution is -0.121. The molecule has 1 aromatic heterocycles. The molecule has 26 heavy (non-hydrogen) atoms. The number of hydrogen-bond acceptors (Lipinski definition) is 9. The van der Waals surface area contributed by atoms with Gasteiger partial charge in [-0.3, -0.25) is 10.1 Å². The minimum absolute atomic E-state index is 0.0458. The van der Waals surface area contributed by atoms with E-state index in [1.54, 1.807) is 20.8 Å². The van der Waals surface area contributed by atoms with E-state index in [1.165, 1.54) is 13.8 Å². The van der Waals surface area contributed by atoms with E-state index in [9.17, 15) is 9.59 Å². The fourth-order valence-electron chi connectivity index (χ4n) is 1.79. The van der Waals surface area contributed by atoms with Gasteiger partial charge in [0.15, 0.2) is 11.4 Å². The Balaban J connectivity index is 3.28. The Morgan fingerprint density at radius 2 is 2.08 bits per heavy atom. The van der Waals surface area contributed by atoms with Crippen molar-refractivity contribution >= 4 is 23.8 Å². The lowest BCUT2D eigenvalue weighted by atomic mass is 10.0. The monoisotopic (exact) mass is 366 g/mol. The lowest BCUT2D eigenvalue weighted by Crippen LogP contribution is -2.59. The van der Waals surface area contributed by atoms with Crippen LogP contribution in [0.1, 0.15) is 34.6 Å². The first-order chi connectivity index (χ1) is 12.0. The van der Waals surface area contributed by atoms with Crippen molar-refractivity contribution in [2.75, 3.05) is 11.4 Å². The summed E-state index contributed by atoms with van der Waals surface area (Å²) in [6, 6.07) is 0. The summed E-state index contributed by atoms with van der Waals surface area (Å²) in [7, 11) is 0. The second-order valence-electron chi connectivity index (χ2n) is 6.27. The number of amidine groups is 1. The Morgan fingerprint density at radius 3 is 2.54 bits per heavy atom. The number of aromatic amines is 1. The van der Waals surface area contributed by atoms with Gasteiger partial charge in [-0.05, 0) is 45.0 Å². The van der Waals surface area contributed by atoms with Gasteiger partial charge >= 0.3 is 6.09 Å². The number of H-pyrrole nitrogens is 1. The van der Waals surface area contributed by atoms with Crippen LogP contribution in [0.2, 0.25) is 0 Å². The Morgan fingerprint density at radius 1 is 1.42 bits per heavy atom. The van der Waals surface area contributed by atoms with Crippen molar-refractivity contribution in [3.05, 3.63) is 0 Å². The largest absolute Gasteiger partial charge is 0.444 e. The molecule has 0 aliphatic heterocycles. The number of rotatable bonds is 3. The molecule has 1 unspecified atom stereocenters. The number of hydrogen-bond donors (Lipinski definition) is 4. The number of anilines is 1. The van der Waals surface area contributed by atoms with Gasteiger partial charge < -0.3 is 15.7 Å². The van der Waals surface area contributed by atoms with Gasteiger partial charge in [0.05, 0.1) is 6.54 Å². The minimum Gasteiger partial charge on any atom is -0.444 e. The first-order valence-corrected chi connectivity index (χ1v) is 7.52. The molecule has 0 fully saturated rings. The predicted molar refractivity (Wildman–Crippen MR) is 91.2 cm³/mol. The predicted octanol–water partition coefficient (Wildman–Crippen LogP) is -0.414. The van der Waals surface area contributed by atoms with Crippen LogP contribution in [0.25, 0.3) is 0 Å². The maximum atomic E-state index is 13.1. The maximum absolute atomic E-state index is 13.1. The van der Waals surface area contributed by atoms with Crippen LogP contribution >= 0.6 is 0 Å². The molecule has 142 valence electrons. The van der Waals surface area contributed by atoms with Crippen LogP contribution in [0.15, 0.2) is 5.16 Å². The van der Waals surface area contributed by atoms with Gasteiger partial charge in [0.2, 0.25) is 0 Å². The third-order valence-electron chi connectivity index (χ3n) is 2.84. The summed E-state index contributed by atoms with van der Waals surface area (Å²) in [5.74, 6) is 4.05. The topological polar surface area (TPSA) is 172 Å². The second kappa shape index (κ2) is 8.26. The molecule has 1 rings (SSSR count). The molecule has 2 amide bonds. The first-order valence-electron chi connectivity index (χ1n) is 7.52. The maximum Gasteiger partial charge on any atom is 0.409 e. The number of amides is 2. The molecule has 0 bridgehead atoms. The van der Waals surface area contributed by atoms with Crippen LogP contribution in [-0.2, 0) is 9.53 Å². The summed E-state index contributed by atoms with van der Waals surface area (Å²) in [5.41, 5.74) is 2.83. The van der Waals surface area contributed by atoms with Crippen LogP contribution in [0, 0.1) is 11.8 Å². The Labute approximate surface area is 150 Å². The highest BCUT2D eigenvalue weighted by Gasteiger charge is 2.41. The first kappa shape index (κ1) is 20.8. The molecule has 0 spiro atoms. The summed E-state index contributed by atoms with van der Waals surface area (Å²) in [5, 5.41) is 27.2. The highest BCUT2D eigenvalue weighted by atomic mass is 16.6. The van der Waals surface area contributed by atoms with Crippen LogP contribution in [0.4, 0.5) is 10.7 Å². The van der Waals surface area contributed by atoms with Gasteiger partial charge in [-0.25, -0.2) is 14.8 Å². The molecule has 0 radical (unpaired) electrons. The zero-order chi connectivity index (χ0) is 20.0. The number of carbonyl (C=O) groups excluding carboxylic acids is 2. The Kier molecular flexibility index (Phi) is 6.62. The summed E-state index contributed by atoms with van der Waals surface area (Å²) >= 11 is 0. The molecule has 12 nitrogen and oxygen atoms in total. The molecule has 1 heterocycles. The Bertz CT molecular complexity index is 728. The molecule has 12 heteroatoms. The molecule has 0 aliphatic carbocycles. The Hall–Kier alpha value is -3.20. The van der Waals surface area contributed by atoms with Gasteiger partial charge in [0.25, 0.3) is 11.9 Å². The number of oxime groups is 1. The van der Waals surface area contributed by atoms with E-state index in [0.29, 0.717) is 0 Å². The number of ether oxygens (including phenoxy) is 1. The van der Waals surface area contributed by atoms with Crippen LogP contribution in [-0.4, -0.2) is 61.4 Å². The third-order valence-corrected chi connectivity index (χ3v) is 2.84. The number of nitrogens with two attached hydrogens (primary N) is 1. The highest BCUT2D eigenvalue weighted by Crippen LogP contribution is 2.16. The fraction of sp³-hybridized carbons (Fsp3) is 0.571. The van der Waals surface area contributed by atoms with Crippen molar-refractivity contribution in [3.63, 3.8) is 0 Å². The quantitative estimate of drug-likeness (QED) is 0.184. The number of aromatic nitrogens is 4. The van der Waals surface area contributed by atoms with Gasteiger partial charge in [-0.15, -0.1) is 0 Å². The van der Waals surface area contributed by atoms with E-state index >= 15 is 0 Å². The molecule has 0 aromatic carbocycles. The molecule has 0 saturated heterocycles. The number of tetrazole rings is 1. The van der Waals surface area contributed by atoms with E-state index in [-0.39, 0.29) is 18.3 Å². The van der Waals surface area contributed by atoms with Crippen molar-refractivity contribution in [1.29, 1.82) is 0 Å².